The largest absolute Gasteiger partial charge is 0.368 e. The average Bonchev–Trinajstić information content (AvgIpc) is 3.07. The van der Waals surface area contributed by atoms with Crippen LogP contribution in [0.25, 0.3) is 11.3 Å². The monoisotopic (exact) mass is 498 g/mol. The zero-order valence-electron chi connectivity index (χ0n) is 21.9. The summed E-state index contributed by atoms with van der Waals surface area (Å²) >= 11 is 0. The highest BCUT2D eigenvalue weighted by atomic mass is 16.1. The normalized spacial score (nSPS) is 16.3. The van der Waals surface area contributed by atoms with E-state index in [1.807, 2.05) is 36.5 Å². The van der Waals surface area contributed by atoms with E-state index in [-0.39, 0.29) is 18.4 Å². The van der Waals surface area contributed by atoms with E-state index in [0.29, 0.717) is 17.8 Å². The predicted octanol–water partition coefficient (Wildman–Crippen LogP) is 4.21. The molecule has 1 amide bonds. The van der Waals surface area contributed by atoms with Crippen LogP contribution in [0.5, 0.6) is 0 Å². The van der Waals surface area contributed by atoms with E-state index >= 15 is 0 Å². The number of amides is 1. The minimum absolute atomic E-state index is 0.102. The van der Waals surface area contributed by atoms with Crippen LogP contribution < -0.4 is 15.5 Å². The van der Waals surface area contributed by atoms with Crippen LogP contribution >= 0.6 is 0 Å². The molecule has 3 aromatic rings. The Labute approximate surface area is 218 Å². The Balaban J connectivity index is 1.32. The molecule has 4 heterocycles. The van der Waals surface area contributed by atoms with Gasteiger partial charge in [-0.15, -0.1) is 0 Å². The number of carbonyl (C=O) groups is 1. The van der Waals surface area contributed by atoms with Gasteiger partial charge in [-0.25, -0.2) is 15.0 Å². The lowest BCUT2D eigenvalue weighted by atomic mass is 9.95. The minimum atomic E-state index is -0.102. The maximum Gasteiger partial charge on any atom is 0.246 e. The Bertz CT molecular complexity index is 1290. The predicted molar refractivity (Wildman–Crippen MR) is 149 cm³/mol. The molecule has 9 heteroatoms. The molecule has 37 heavy (non-hydrogen) atoms. The summed E-state index contributed by atoms with van der Waals surface area (Å²) in [4.78, 5) is 35.2. The third kappa shape index (κ3) is 5.61. The summed E-state index contributed by atoms with van der Waals surface area (Å²) in [6, 6.07) is 12.4. The molecule has 2 N–H and O–H groups in total. The fraction of sp³-hybridized carbons (Fsp3) is 0.393. The lowest BCUT2D eigenvalue weighted by Gasteiger charge is -2.38. The van der Waals surface area contributed by atoms with Gasteiger partial charge in [0.15, 0.2) is 0 Å². The second-order valence-corrected chi connectivity index (χ2v) is 10.1. The van der Waals surface area contributed by atoms with Gasteiger partial charge in [0, 0.05) is 60.9 Å². The van der Waals surface area contributed by atoms with Crippen LogP contribution in [0.3, 0.4) is 0 Å². The Morgan fingerprint density at radius 1 is 0.973 bits per heavy atom. The van der Waals surface area contributed by atoms with Gasteiger partial charge in [0.2, 0.25) is 11.9 Å². The van der Waals surface area contributed by atoms with Crippen LogP contribution in [0.15, 0.2) is 53.8 Å². The molecule has 2 aliphatic rings. The van der Waals surface area contributed by atoms with Gasteiger partial charge >= 0.3 is 0 Å². The van der Waals surface area contributed by atoms with Crippen molar-refractivity contribution in [1.29, 1.82) is 0 Å². The Hall–Kier alpha value is -3.85. The summed E-state index contributed by atoms with van der Waals surface area (Å²) < 4.78 is 0. The van der Waals surface area contributed by atoms with Crippen LogP contribution in [0.1, 0.15) is 33.3 Å². The zero-order chi connectivity index (χ0) is 25.9. The zero-order valence-corrected chi connectivity index (χ0v) is 21.9. The number of aromatic nitrogens is 3. The number of benzodiazepines with no additional fused rings is 1. The number of anilines is 4. The van der Waals surface area contributed by atoms with Crippen molar-refractivity contribution in [3.8, 4) is 11.3 Å². The lowest BCUT2D eigenvalue weighted by Crippen LogP contribution is -2.48. The summed E-state index contributed by atoms with van der Waals surface area (Å²) in [7, 11) is 0. The third-order valence-electron chi connectivity index (χ3n) is 6.86. The van der Waals surface area contributed by atoms with Gasteiger partial charge in [-0.1, -0.05) is 19.9 Å². The van der Waals surface area contributed by atoms with Gasteiger partial charge in [-0.3, -0.25) is 14.7 Å². The molecular formula is C28H34N8O. The molecule has 0 saturated carbocycles. The van der Waals surface area contributed by atoms with Crippen molar-refractivity contribution in [2.75, 3.05) is 48.3 Å². The van der Waals surface area contributed by atoms with Crippen molar-refractivity contribution in [2.24, 2.45) is 10.9 Å². The number of hydrogen-bond acceptors (Lipinski definition) is 8. The van der Waals surface area contributed by atoms with Gasteiger partial charge in [0.25, 0.3) is 0 Å². The van der Waals surface area contributed by atoms with Crippen LogP contribution in [0.2, 0.25) is 0 Å². The van der Waals surface area contributed by atoms with Crippen LogP contribution in [-0.4, -0.2) is 70.2 Å². The first-order valence-electron chi connectivity index (χ1n) is 12.9. The highest BCUT2D eigenvalue weighted by Gasteiger charge is 2.21. The smallest absolute Gasteiger partial charge is 0.246 e. The highest BCUT2D eigenvalue weighted by molar-refractivity contribution is 6.12. The molecule has 1 aromatic carbocycles. The molecular weight excluding hydrogens is 464 g/mol. The van der Waals surface area contributed by atoms with E-state index in [9.17, 15) is 4.79 Å². The van der Waals surface area contributed by atoms with Crippen LogP contribution in [0, 0.1) is 5.92 Å². The second-order valence-electron chi connectivity index (χ2n) is 10.1. The van der Waals surface area contributed by atoms with Gasteiger partial charge < -0.3 is 15.5 Å². The molecule has 2 aromatic heterocycles. The number of benzene rings is 1. The molecule has 0 bridgehead atoms. The van der Waals surface area contributed by atoms with E-state index in [0.717, 1.165) is 60.1 Å². The molecule has 0 spiro atoms. The molecule has 2 aliphatic heterocycles. The van der Waals surface area contributed by atoms with Crippen LogP contribution in [0.4, 0.5) is 23.1 Å². The van der Waals surface area contributed by atoms with Gasteiger partial charge in [-0.2, -0.15) is 0 Å². The van der Waals surface area contributed by atoms with Gasteiger partial charge in [-0.05, 0) is 50.1 Å². The fourth-order valence-electron chi connectivity index (χ4n) is 4.79. The van der Waals surface area contributed by atoms with Crippen molar-refractivity contribution in [3.05, 3.63) is 54.4 Å². The van der Waals surface area contributed by atoms with Gasteiger partial charge in [0.05, 0.1) is 17.6 Å². The van der Waals surface area contributed by atoms with Crippen molar-refractivity contribution in [2.45, 2.75) is 33.7 Å². The Morgan fingerprint density at radius 2 is 1.78 bits per heavy atom. The number of fused-ring (bicyclic) bond motifs is 1. The Morgan fingerprint density at radius 3 is 2.49 bits per heavy atom. The summed E-state index contributed by atoms with van der Waals surface area (Å²) in [5, 5.41) is 6.18. The molecule has 1 saturated heterocycles. The number of nitrogens with one attached hydrogen (secondary N) is 2. The van der Waals surface area contributed by atoms with Crippen molar-refractivity contribution in [3.63, 3.8) is 0 Å². The number of piperazine rings is 1. The molecule has 0 aliphatic carbocycles. The first-order valence-corrected chi connectivity index (χ1v) is 12.9. The van der Waals surface area contributed by atoms with E-state index < -0.39 is 0 Å². The first-order chi connectivity index (χ1) is 17.9. The molecule has 5 rings (SSSR count). The highest BCUT2D eigenvalue weighted by Crippen LogP contribution is 2.29. The average molecular weight is 499 g/mol. The number of carbonyl (C=O) groups excluding carboxylic acids is 1. The summed E-state index contributed by atoms with van der Waals surface area (Å²) in [6.45, 7) is 12.9. The quantitative estimate of drug-likeness (QED) is 0.525. The summed E-state index contributed by atoms with van der Waals surface area (Å²) in [5.74, 6) is 1.26. The maximum absolute atomic E-state index is 12.1. The summed E-state index contributed by atoms with van der Waals surface area (Å²) in [6.07, 6.45) is 3.64. The second kappa shape index (κ2) is 10.6. The van der Waals surface area contributed by atoms with Gasteiger partial charge in [0.1, 0.15) is 12.4 Å². The molecule has 0 atom stereocenters. The minimum Gasteiger partial charge on any atom is -0.368 e. The SMILES string of the molecule is CC(C)C1=NCC(=O)Nc2ccc(-c3ccnc(Nc4ccc(N5CCN(C(C)C)CC5)cn4)n3)cc21. The van der Waals surface area contributed by atoms with Crippen molar-refractivity contribution in [1.82, 2.24) is 19.9 Å². The fourth-order valence-corrected chi connectivity index (χ4v) is 4.79. The maximum atomic E-state index is 12.1. The first kappa shape index (κ1) is 24.8. The van der Waals surface area contributed by atoms with Crippen molar-refractivity contribution >= 4 is 34.8 Å². The topological polar surface area (TPSA) is 98.6 Å². The Kier molecular flexibility index (Phi) is 7.14. The van der Waals surface area contributed by atoms with E-state index in [1.165, 1.54) is 0 Å². The molecule has 1 fully saturated rings. The molecule has 9 nitrogen and oxygen atoms in total. The number of rotatable bonds is 6. The summed E-state index contributed by atoms with van der Waals surface area (Å²) in [5.41, 5.74) is 5.45. The number of nitrogens with zero attached hydrogens (tertiary/aromatic N) is 6. The van der Waals surface area contributed by atoms with E-state index in [1.54, 1.807) is 6.20 Å². The van der Waals surface area contributed by atoms with Crippen LogP contribution in [-0.2, 0) is 4.79 Å². The number of hydrogen-bond donors (Lipinski definition) is 2. The third-order valence-corrected chi connectivity index (χ3v) is 6.86. The molecule has 192 valence electrons. The molecule has 0 unspecified atom stereocenters. The number of aliphatic imine (C=N–C) groups is 1. The molecule has 0 radical (unpaired) electrons. The van der Waals surface area contributed by atoms with E-state index in [2.05, 4.69) is 69.2 Å². The van der Waals surface area contributed by atoms with Crippen molar-refractivity contribution < 1.29 is 4.79 Å². The number of pyridine rings is 1. The standard InChI is InChI=1S/C28H34N8O/c1-18(2)27-22-15-20(5-7-24(22)32-26(37)17-31-27)23-9-10-29-28(33-23)34-25-8-6-21(16-30-25)36-13-11-35(12-14-36)19(3)4/h5-10,15-16,18-19H,11-14,17H2,1-4H3,(H,32,37)(H,29,30,33,34). The van der Waals surface area contributed by atoms with E-state index in [4.69, 9.17) is 4.98 Å². The lowest BCUT2D eigenvalue weighted by molar-refractivity contribution is -0.114.